The van der Waals surface area contributed by atoms with Crippen LogP contribution in [-0.2, 0) is 4.79 Å². The number of nitrogens with one attached hydrogen (secondary N) is 2. The summed E-state index contributed by atoms with van der Waals surface area (Å²) in [5, 5.41) is 33.0. The minimum absolute atomic E-state index is 0.122. The third-order valence-electron chi connectivity index (χ3n) is 2.15. The number of rotatable bonds is 6. The van der Waals surface area contributed by atoms with E-state index in [0.29, 0.717) is 5.69 Å². The van der Waals surface area contributed by atoms with Crippen LogP contribution in [0.2, 0.25) is 0 Å². The zero-order valence-electron chi connectivity index (χ0n) is 9.92. The SMILES string of the molecule is N#CCC(=O)Nc1cc([N+](=O)[O-])ccc1NCCO. The fourth-order valence-electron chi connectivity index (χ4n) is 1.36. The van der Waals surface area contributed by atoms with E-state index in [9.17, 15) is 14.9 Å². The van der Waals surface area contributed by atoms with E-state index in [-0.39, 0.29) is 30.9 Å². The smallest absolute Gasteiger partial charge is 0.271 e. The Labute approximate surface area is 108 Å². The lowest BCUT2D eigenvalue weighted by Gasteiger charge is -2.11. The lowest BCUT2D eigenvalue weighted by Crippen LogP contribution is -2.14. The van der Waals surface area contributed by atoms with Crippen molar-refractivity contribution in [2.45, 2.75) is 6.42 Å². The molecule has 3 N–H and O–H groups in total. The first-order valence-corrected chi connectivity index (χ1v) is 5.38. The first-order valence-electron chi connectivity index (χ1n) is 5.38. The highest BCUT2D eigenvalue weighted by Crippen LogP contribution is 2.27. The van der Waals surface area contributed by atoms with E-state index in [0.717, 1.165) is 0 Å². The number of anilines is 2. The van der Waals surface area contributed by atoms with Crippen molar-refractivity contribution in [3.05, 3.63) is 28.3 Å². The topological polar surface area (TPSA) is 128 Å². The van der Waals surface area contributed by atoms with E-state index >= 15 is 0 Å². The van der Waals surface area contributed by atoms with Crippen LogP contribution < -0.4 is 10.6 Å². The van der Waals surface area contributed by atoms with Gasteiger partial charge in [0.15, 0.2) is 0 Å². The van der Waals surface area contributed by atoms with Gasteiger partial charge >= 0.3 is 0 Å². The summed E-state index contributed by atoms with van der Waals surface area (Å²) in [6, 6.07) is 5.57. The van der Waals surface area contributed by atoms with Gasteiger partial charge in [-0.15, -0.1) is 0 Å². The standard InChI is InChI=1S/C11H12N4O4/c12-4-3-11(17)14-10-7-8(15(18)19)1-2-9(10)13-5-6-16/h1-2,7,13,16H,3,5-6H2,(H,14,17). The number of aliphatic hydroxyl groups excluding tert-OH is 1. The second-order valence-corrected chi connectivity index (χ2v) is 3.52. The second-order valence-electron chi connectivity index (χ2n) is 3.52. The van der Waals surface area contributed by atoms with Crippen molar-refractivity contribution in [3.63, 3.8) is 0 Å². The van der Waals surface area contributed by atoms with Crippen LogP contribution in [-0.4, -0.2) is 29.1 Å². The van der Waals surface area contributed by atoms with Crippen molar-refractivity contribution in [1.82, 2.24) is 0 Å². The summed E-state index contributed by atoms with van der Waals surface area (Å²) in [5.41, 5.74) is 0.454. The molecule has 0 fully saturated rings. The van der Waals surface area contributed by atoms with E-state index in [1.54, 1.807) is 6.07 Å². The Morgan fingerprint density at radius 2 is 2.21 bits per heavy atom. The fourth-order valence-corrected chi connectivity index (χ4v) is 1.36. The van der Waals surface area contributed by atoms with Gasteiger partial charge in [-0.2, -0.15) is 5.26 Å². The van der Waals surface area contributed by atoms with Gasteiger partial charge < -0.3 is 15.7 Å². The van der Waals surface area contributed by atoms with Crippen LogP contribution in [0.3, 0.4) is 0 Å². The Bertz CT molecular complexity index is 524. The lowest BCUT2D eigenvalue weighted by atomic mass is 10.2. The van der Waals surface area contributed by atoms with Crippen LogP contribution in [0.25, 0.3) is 0 Å². The van der Waals surface area contributed by atoms with Crippen molar-refractivity contribution in [1.29, 1.82) is 5.26 Å². The Hall–Kier alpha value is -2.66. The van der Waals surface area contributed by atoms with Crippen LogP contribution in [0.15, 0.2) is 18.2 Å². The third-order valence-corrected chi connectivity index (χ3v) is 2.15. The largest absolute Gasteiger partial charge is 0.395 e. The average molecular weight is 264 g/mol. The highest BCUT2D eigenvalue weighted by Gasteiger charge is 2.12. The van der Waals surface area contributed by atoms with Crippen LogP contribution in [0.1, 0.15) is 6.42 Å². The number of nitriles is 1. The molecule has 0 saturated heterocycles. The predicted molar refractivity (Wildman–Crippen MR) is 67.5 cm³/mol. The molecule has 1 aromatic rings. The molecule has 1 amide bonds. The van der Waals surface area contributed by atoms with Gasteiger partial charge in [-0.3, -0.25) is 14.9 Å². The zero-order chi connectivity index (χ0) is 14.3. The Morgan fingerprint density at radius 1 is 1.47 bits per heavy atom. The van der Waals surface area contributed by atoms with Gasteiger partial charge in [0.05, 0.1) is 29.0 Å². The van der Waals surface area contributed by atoms with Gasteiger partial charge in [0.25, 0.3) is 5.69 Å². The normalized spacial score (nSPS) is 9.47. The molecule has 0 aromatic heterocycles. The summed E-state index contributed by atoms with van der Waals surface area (Å²) < 4.78 is 0. The highest BCUT2D eigenvalue weighted by atomic mass is 16.6. The molecule has 0 bridgehead atoms. The van der Waals surface area contributed by atoms with Gasteiger partial charge in [-0.1, -0.05) is 0 Å². The summed E-state index contributed by atoms with van der Waals surface area (Å²) in [5.74, 6) is -0.560. The molecule has 0 saturated carbocycles. The van der Waals surface area contributed by atoms with Gasteiger partial charge in [-0.25, -0.2) is 0 Å². The Kier molecular flexibility index (Phi) is 5.25. The quantitative estimate of drug-likeness (QED) is 0.516. The molecule has 0 aliphatic heterocycles. The fraction of sp³-hybridized carbons (Fsp3) is 0.273. The Morgan fingerprint density at radius 3 is 2.79 bits per heavy atom. The number of hydrogen-bond donors (Lipinski definition) is 3. The number of aliphatic hydroxyl groups is 1. The number of carbonyl (C=O) groups excluding carboxylic acids is 1. The van der Waals surface area contributed by atoms with Crippen LogP contribution in [0.4, 0.5) is 17.1 Å². The molecule has 19 heavy (non-hydrogen) atoms. The molecule has 0 atom stereocenters. The molecule has 0 heterocycles. The van der Waals surface area contributed by atoms with Gasteiger partial charge in [-0.05, 0) is 6.07 Å². The molecule has 1 rings (SSSR count). The number of benzene rings is 1. The minimum Gasteiger partial charge on any atom is -0.395 e. The molecular weight excluding hydrogens is 252 g/mol. The number of amides is 1. The summed E-state index contributed by atoms with van der Waals surface area (Å²) in [4.78, 5) is 21.4. The van der Waals surface area contributed by atoms with Gasteiger partial charge in [0.2, 0.25) is 5.91 Å². The molecule has 100 valence electrons. The second kappa shape index (κ2) is 6.93. The lowest BCUT2D eigenvalue weighted by molar-refractivity contribution is -0.384. The van der Waals surface area contributed by atoms with Crippen LogP contribution in [0.5, 0.6) is 0 Å². The van der Waals surface area contributed by atoms with E-state index in [2.05, 4.69) is 10.6 Å². The maximum absolute atomic E-state index is 11.3. The molecule has 0 aliphatic carbocycles. The van der Waals surface area contributed by atoms with E-state index in [4.69, 9.17) is 10.4 Å². The zero-order valence-corrected chi connectivity index (χ0v) is 9.92. The Balaban J connectivity index is 3.00. The van der Waals surface area contributed by atoms with Crippen molar-refractivity contribution in [2.24, 2.45) is 0 Å². The summed E-state index contributed by atoms with van der Waals surface area (Å²) in [6.07, 6.45) is -0.345. The van der Waals surface area contributed by atoms with E-state index in [1.165, 1.54) is 18.2 Å². The number of hydrogen-bond acceptors (Lipinski definition) is 6. The maximum atomic E-state index is 11.3. The van der Waals surface area contributed by atoms with E-state index in [1.807, 2.05) is 0 Å². The first kappa shape index (κ1) is 14.4. The van der Waals surface area contributed by atoms with Crippen molar-refractivity contribution >= 4 is 23.0 Å². The number of nitrogens with zero attached hydrogens (tertiary/aromatic N) is 2. The number of nitro groups is 1. The summed E-state index contributed by atoms with van der Waals surface area (Å²) in [6.45, 7) is 0.113. The average Bonchev–Trinajstić information content (AvgIpc) is 2.37. The molecule has 1 aromatic carbocycles. The number of carbonyl (C=O) groups is 1. The summed E-state index contributed by atoms with van der Waals surface area (Å²) >= 11 is 0. The van der Waals surface area contributed by atoms with Gasteiger partial charge in [0, 0.05) is 18.7 Å². The molecule has 0 radical (unpaired) electrons. The minimum atomic E-state index is -0.588. The molecule has 0 aliphatic rings. The molecule has 0 unspecified atom stereocenters. The molecule has 0 spiro atoms. The predicted octanol–water partition coefficient (Wildman–Crippen LogP) is 0.851. The number of non-ortho nitro benzene ring substituents is 1. The van der Waals surface area contributed by atoms with Crippen LogP contribution in [0, 0.1) is 21.4 Å². The first-order chi connectivity index (χ1) is 9.08. The van der Waals surface area contributed by atoms with Crippen molar-refractivity contribution in [2.75, 3.05) is 23.8 Å². The monoisotopic (exact) mass is 264 g/mol. The molecule has 8 heteroatoms. The van der Waals surface area contributed by atoms with Crippen molar-refractivity contribution < 1.29 is 14.8 Å². The maximum Gasteiger partial charge on any atom is 0.271 e. The molecule has 8 nitrogen and oxygen atoms in total. The molecular formula is C11H12N4O4. The third kappa shape index (κ3) is 4.25. The highest BCUT2D eigenvalue weighted by molar-refractivity contribution is 5.95. The summed E-state index contributed by atoms with van der Waals surface area (Å²) in [7, 11) is 0. The van der Waals surface area contributed by atoms with E-state index < -0.39 is 10.8 Å². The van der Waals surface area contributed by atoms with Crippen LogP contribution >= 0.6 is 0 Å². The number of nitro benzene ring substituents is 1. The van der Waals surface area contributed by atoms with Gasteiger partial charge in [0.1, 0.15) is 6.42 Å². The van der Waals surface area contributed by atoms with Crippen molar-refractivity contribution in [3.8, 4) is 6.07 Å².